The summed E-state index contributed by atoms with van der Waals surface area (Å²) in [5.74, 6) is 0. The monoisotopic (exact) mass is 818 g/mol. The number of para-hydroxylation sites is 1. The standard InChI is InChI=1S/C62H46N2/c1-61(2)50-24-11-9-22-48(50)57-51(61)25-16-28-56(57)63(44-36-41(39-17-5-3-6-18-39)35-42(37-44)40-19-7-4-8-20-40)43-29-32-55-49(38-43)46-23-15-26-52-58(46)59-53(62(52)33-13-14-34-62)31-30-47-45-21-10-12-27-54(45)64(55)60(47)59/h3-12,15-32,35-38H,13-14,33-34H2,1-2H3. The number of fused-ring (bicyclic) bond motifs is 11. The van der Waals surface area contributed by atoms with Gasteiger partial charge >= 0.3 is 0 Å². The van der Waals surface area contributed by atoms with Gasteiger partial charge in [0.15, 0.2) is 0 Å². The van der Waals surface area contributed by atoms with Crippen molar-refractivity contribution in [3.8, 4) is 61.3 Å². The Bertz CT molecular complexity index is 3520. The number of hydrogen-bond acceptors (Lipinski definition) is 1. The summed E-state index contributed by atoms with van der Waals surface area (Å²) >= 11 is 0. The zero-order valence-electron chi connectivity index (χ0n) is 36.2. The highest BCUT2D eigenvalue weighted by Gasteiger charge is 2.48. The summed E-state index contributed by atoms with van der Waals surface area (Å²) in [5.41, 5.74) is 26.0. The molecule has 2 heteroatoms. The van der Waals surface area contributed by atoms with Gasteiger partial charge in [-0.2, -0.15) is 0 Å². The van der Waals surface area contributed by atoms with Gasteiger partial charge < -0.3 is 9.47 Å². The van der Waals surface area contributed by atoms with Gasteiger partial charge in [-0.15, -0.1) is 0 Å². The number of benzene rings is 9. The summed E-state index contributed by atoms with van der Waals surface area (Å²) in [6.45, 7) is 4.78. The van der Waals surface area contributed by atoms with E-state index < -0.39 is 0 Å². The maximum absolute atomic E-state index is 2.62. The lowest BCUT2D eigenvalue weighted by molar-refractivity contribution is 0.550. The molecule has 3 aliphatic carbocycles. The molecule has 14 rings (SSSR count). The second kappa shape index (κ2) is 13.1. The number of nitrogens with zero attached hydrogens (tertiary/aromatic N) is 2. The van der Waals surface area contributed by atoms with Gasteiger partial charge in [0.25, 0.3) is 0 Å². The Balaban J connectivity index is 1.09. The van der Waals surface area contributed by atoms with Gasteiger partial charge in [-0.05, 0) is 123 Å². The van der Waals surface area contributed by atoms with E-state index in [2.05, 4.69) is 217 Å². The molecule has 0 unspecified atom stereocenters. The van der Waals surface area contributed by atoms with Crippen LogP contribution in [0.1, 0.15) is 61.8 Å². The minimum Gasteiger partial charge on any atom is -0.310 e. The van der Waals surface area contributed by atoms with E-state index >= 15 is 0 Å². The van der Waals surface area contributed by atoms with E-state index in [0.717, 1.165) is 11.4 Å². The van der Waals surface area contributed by atoms with Crippen LogP contribution < -0.4 is 4.90 Å². The van der Waals surface area contributed by atoms with Crippen LogP contribution in [0, 0.1) is 0 Å². The van der Waals surface area contributed by atoms with Crippen molar-refractivity contribution in [2.24, 2.45) is 0 Å². The third kappa shape index (κ3) is 4.75. The zero-order chi connectivity index (χ0) is 42.3. The van der Waals surface area contributed by atoms with Crippen LogP contribution in [0.5, 0.6) is 0 Å². The first-order valence-corrected chi connectivity index (χ1v) is 23.1. The van der Waals surface area contributed by atoms with E-state index in [9.17, 15) is 0 Å². The molecular weight excluding hydrogens is 773 g/mol. The molecule has 2 heterocycles. The van der Waals surface area contributed by atoms with Gasteiger partial charge in [-0.25, -0.2) is 0 Å². The van der Waals surface area contributed by atoms with Crippen molar-refractivity contribution in [2.75, 3.05) is 4.90 Å². The molecule has 4 aliphatic rings. The number of rotatable bonds is 5. The maximum atomic E-state index is 2.62. The summed E-state index contributed by atoms with van der Waals surface area (Å²) in [5, 5.41) is 2.66. The van der Waals surface area contributed by atoms with Crippen LogP contribution in [0.4, 0.5) is 17.1 Å². The smallest absolute Gasteiger partial charge is 0.0623 e. The molecule has 0 bridgehead atoms. The van der Waals surface area contributed by atoms with E-state index in [4.69, 9.17) is 0 Å². The molecule has 1 saturated carbocycles. The molecule has 1 aliphatic heterocycles. The molecule has 1 aromatic heterocycles. The SMILES string of the molecule is CC1(C)c2ccccc2-c2c(N(c3cc(-c4ccccc4)cc(-c4ccccc4)c3)c3ccc4c(c3)-c3cccc5c3-c3c(ccc6c7ccccc7n-4c36)C53CCCC3)cccc21. The third-order valence-electron chi connectivity index (χ3n) is 15.6. The Hall–Kier alpha value is -7.42. The predicted molar refractivity (Wildman–Crippen MR) is 268 cm³/mol. The van der Waals surface area contributed by atoms with Crippen molar-refractivity contribution >= 4 is 38.9 Å². The average molecular weight is 819 g/mol. The largest absolute Gasteiger partial charge is 0.310 e. The summed E-state index contributed by atoms with van der Waals surface area (Å²) < 4.78 is 2.62. The molecular formula is C62H46N2. The van der Waals surface area contributed by atoms with Crippen molar-refractivity contribution in [2.45, 2.75) is 50.4 Å². The van der Waals surface area contributed by atoms with Crippen LogP contribution in [-0.4, -0.2) is 4.57 Å². The molecule has 0 radical (unpaired) electrons. The predicted octanol–water partition coefficient (Wildman–Crippen LogP) is 16.7. The molecule has 0 atom stereocenters. The molecule has 64 heavy (non-hydrogen) atoms. The lowest BCUT2D eigenvalue weighted by Gasteiger charge is -2.31. The molecule has 1 fully saturated rings. The fourth-order valence-electron chi connectivity index (χ4n) is 12.8. The van der Waals surface area contributed by atoms with Gasteiger partial charge in [0.1, 0.15) is 0 Å². The van der Waals surface area contributed by atoms with Crippen molar-refractivity contribution in [3.63, 3.8) is 0 Å². The van der Waals surface area contributed by atoms with Crippen molar-refractivity contribution in [1.29, 1.82) is 0 Å². The van der Waals surface area contributed by atoms with Crippen LogP contribution >= 0.6 is 0 Å². The second-order valence-corrected chi connectivity index (χ2v) is 19.2. The molecule has 2 nitrogen and oxygen atoms in total. The molecule has 0 saturated heterocycles. The van der Waals surface area contributed by atoms with Crippen molar-refractivity contribution < 1.29 is 0 Å². The highest BCUT2D eigenvalue weighted by molar-refractivity contribution is 6.19. The Kier molecular flexibility index (Phi) is 7.37. The fraction of sp³-hybridized carbons (Fsp3) is 0.129. The highest BCUT2D eigenvalue weighted by atomic mass is 15.1. The first kappa shape index (κ1) is 36.1. The van der Waals surface area contributed by atoms with Gasteiger partial charge in [0.05, 0.1) is 22.4 Å². The number of aromatic nitrogens is 1. The number of hydrogen-bond donors (Lipinski definition) is 0. The first-order chi connectivity index (χ1) is 31.5. The van der Waals surface area contributed by atoms with E-state index in [0.29, 0.717) is 0 Å². The Morgan fingerprint density at radius 3 is 1.84 bits per heavy atom. The van der Waals surface area contributed by atoms with E-state index in [-0.39, 0.29) is 10.8 Å². The van der Waals surface area contributed by atoms with Gasteiger partial charge in [-0.3, -0.25) is 0 Å². The van der Waals surface area contributed by atoms with Gasteiger partial charge in [-0.1, -0.05) is 172 Å². The van der Waals surface area contributed by atoms with Crippen LogP contribution in [0.25, 0.3) is 83.1 Å². The van der Waals surface area contributed by atoms with Crippen molar-refractivity contribution in [1.82, 2.24) is 4.57 Å². The van der Waals surface area contributed by atoms with Crippen molar-refractivity contribution in [3.05, 3.63) is 216 Å². The van der Waals surface area contributed by atoms with Crippen LogP contribution in [-0.2, 0) is 10.8 Å². The van der Waals surface area contributed by atoms with E-state index in [1.807, 2.05) is 0 Å². The second-order valence-electron chi connectivity index (χ2n) is 19.2. The molecule has 0 N–H and O–H groups in total. The molecule has 304 valence electrons. The van der Waals surface area contributed by atoms with E-state index in [1.54, 1.807) is 0 Å². The lowest BCUT2D eigenvalue weighted by Crippen LogP contribution is -2.20. The molecule has 1 spiro atoms. The normalized spacial score (nSPS) is 15.3. The first-order valence-electron chi connectivity index (χ1n) is 23.1. The average Bonchev–Trinajstić information content (AvgIpc) is 4.08. The Morgan fingerprint density at radius 1 is 0.422 bits per heavy atom. The van der Waals surface area contributed by atoms with Gasteiger partial charge in [0.2, 0.25) is 0 Å². The lowest BCUT2D eigenvalue weighted by atomic mass is 9.76. The third-order valence-corrected chi connectivity index (χ3v) is 15.6. The summed E-state index contributed by atoms with van der Waals surface area (Å²) in [6.07, 6.45) is 4.96. The minimum atomic E-state index is -0.145. The zero-order valence-corrected chi connectivity index (χ0v) is 36.2. The number of anilines is 3. The maximum Gasteiger partial charge on any atom is 0.0623 e. The van der Waals surface area contributed by atoms with Crippen LogP contribution in [0.2, 0.25) is 0 Å². The topological polar surface area (TPSA) is 8.17 Å². The molecule has 10 aromatic rings. The highest BCUT2D eigenvalue weighted by Crippen LogP contribution is 2.63. The Labute approximate surface area is 374 Å². The van der Waals surface area contributed by atoms with E-state index in [1.165, 1.54) is 137 Å². The van der Waals surface area contributed by atoms with Gasteiger partial charge in [0, 0.05) is 49.7 Å². The summed E-state index contributed by atoms with van der Waals surface area (Å²) in [6, 6.07) is 73.6. The quantitative estimate of drug-likeness (QED) is 0.168. The molecule has 0 amide bonds. The summed E-state index contributed by atoms with van der Waals surface area (Å²) in [7, 11) is 0. The Morgan fingerprint density at radius 2 is 1.06 bits per heavy atom. The summed E-state index contributed by atoms with van der Waals surface area (Å²) in [4.78, 5) is 2.57. The van der Waals surface area contributed by atoms with Crippen LogP contribution in [0.15, 0.2) is 194 Å². The van der Waals surface area contributed by atoms with Crippen LogP contribution in [0.3, 0.4) is 0 Å². The fourth-order valence-corrected chi connectivity index (χ4v) is 12.8. The minimum absolute atomic E-state index is 0.0633. The molecule has 9 aromatic carbocycles.